The molecule has 6 heteroatoms. The molecule has 0 saturated carbocycles. The van der Waals surface area contributed by atoms with Crippen LogP contribution in [0.25, 0.3) is 27.0 Å². The molecule has 0 amide bonds. The van der Waals surface area contributed by atoms with Gasteiger partial charge >= 0.3 is 0 Å². The Morgan fingerprint density at radius 3 is 2.57 bits per heavy atom. The van der Waals surface area contributed by atoms with Crippen LogP contribution in [0.15, 0.2) is 36.4 Å². The van der Waals surface area contributed by atoms with Gasteiger partial charge in [-0.25, -0.2) is 9.83 Å². The lowest BCUT2D eigenvalue weighted by Crippen LogP contribution is -2.24. The Bertz CT molecular complexity index is 893. The Balaban J connectivity index is 2.09. The third kappa shape index (κ3) is 2.80. The summed E-state index contributed by atoms with van der Waals surface area (Å²) < 4.78 is 0. The fourth-order valence-electron chi connectivity index (χ4n) is 2.39. The minimum atomic E-state index is -0.713. The average molecular weight is 327 g/mol. The fraction of sp³-hybridized carbons (Fsp3) is 0.176. The summed E-state index contributed by atoms with van der Waals surface area (Å²) in [5.74, 6) is 0.498. The van der Waals surface area contributed by atoms with Gasteiger partial charge in [-0.3, -0.25) is 0 Å². The number of fused-ring (bicyclic) bond motifs is 1. The van der Waals surface area contributed by atoms with Gasteiger partial charge in [-0.05, 0) is 18.6 Å². The zero-order valence-corrected chi connectivity index (χ0v) is 13.2. The molecular weight excluding hydrogens is 312 g/mol. The van der Waals surface area contributed by atoms with Gasteiger partial charge < -0.3 is 15.8 Å². The van der Waals surface area contributed by atoms with E-state index in [1.165, 1.54) is 0 Å². The van der Waals surface area contributed by atoms with E-state index in [9.17, 15) is 5.11 Å². The number of rotatable bonds is 3. The van der Waals surface area contributed by atoms with Crippen molar-refractivity contribution in [3.8, 4) is 11.1 Å². The first-order chi connectivity index (χ1) is 11.0. The Hall–Kier alpha value is -2.39. The summed E-state index contributed by atoms with van der Waals surface area (Å²) in [5.41, 5.74) is 9.62. The van der Waals surface area contributed by atoms with Crippen molar-refractivity contribution in [3.05, 3.63) is 58.7 Å². The van der Waals surface area contributed by atoms with E-state index >= 15 is 0 Å². The van der Waals surface area contributed by atoms with E-state index in [2.05, 4.69) is 14.8 Å². The summed E-state index contributed by atoms with van der Waals surface area (Å²) in [7, 11) is 0. The normalized spacial score (nSPS) is 13.7. The smallest absolute Gasteiger partial charge is 0.187 e. The van der Waals surface area contributed by atoms with Crippen LogP contribution in [-0.2, 0) is 0 Å². The van der Waals surface area contributed by atoms with Crippen LogP contribution in [0.5, 0.6) is 0 Å². The molecule has 0 radical (unpaired) electrons. The standard InChI is InChI=1S/C17H15ClN4O/c1-9(23)15(19)17-21-13-8-7-12(14(18)16(13)22-17)10-3-5-11(20-2)6-4-10/h3-9,15,23H,19H2,1H3,(H,21,22)/t9-,15+/m1/s1. The number of aliphatic hydroxyl groups is 1. The molecular formula is C17H15ClN4O. The van der Waals surface area contributed by atoms with Gasteiger partial charge in [0, 0.05) is 5.56 Å². The van der Waals surface area contributed by atoms with Crippen LogP contribution in [0.2, 0.25) is 5.02 Å². The average Bonchev–Trinajstić information content (AvgIpc) is 2.99. The van der Waals surface area contributed by atoms with Crippen LogP contribution in [-0.4, -0.2) is 21.2 Å². The molecule has 3 aromatic rings. The SMILES string of the molecule is [C-]#[N+]c1ccc(-c2ccc3[nH]c([C@@H](N)[C@@H](C)O)nc3c2Cl)cc1. The van der Waals surface area contributed by atoms with Crippen molar-refractivity contribution >= 4 is 28.3 Å². The van der Waals surface area contributed by atoms with Crippen LogP contribution in [0, 0.1) is 6.57 Å². The second kappa shape index (κ2) is 6.01. The zero-order valence-electron chi connectivity index (χ0n) is 12.4. The molecule has 0 aliphatic heterocycles. The Morgan fingerprint density at radius 1 is 1.26 bits per heavy atom. The highest BCUT2D eigenvalue weighted by Gasteiger charge is 2.18. The summed E-state index contributed by atoms with van der Waals surface area (Å²) >= 11 is 6.50. The minimum Gasteiger partial charge on any atom is -0.391 e. The maximum absolute atomic E-state index is 9.61. The number of aromatic nitrogens is 2. The molecule has 0 aliphatic rings. The van der Waals surface area contributed by atoms with Gasteiger partial charge in [-0.15, -0.1) is 0 Å². The Morgan fingerprint density at radius 2 is 1.96 bits per heavy atom. The highest BCUT2D eigenvalue weighted by atomic mass is 35.5. The van der Waals surface area contributed by atoms with Gasteiger partial charge in [-0.1, -0.05) is 41.9 Å². The van der Waals surface area contributed by atoms with Crippen LogP contribution < -0.4 is 5.73 Å². The molecule has 116 valence electrons. The van der Waals surface area contributed by atoms with Gasteiger partial charge in [0.15, 0.2) is 5.69 Å². The van der Waals surface area contributed by atoms with E-state index in [-0.39, 0.29) is 0 Å². The fourth-order valence-corrected chi connectivity index (χ4v) is 2.70. The lowest BCUT2D eigenvalue weighted by Gasteiger charge is -2.10. The van der Waals surface area contributed by atoms with Crippen LogP contribution >= 0.6 is 11.6 Å². The maximum Gasteiger partial charge on any atom is 0.187 e. The first-order valence-electron chi connectivity index (χ1n) is 7.11. The van der Waals surface area contributed by atoms with Crippen molar-refractivity contribution in [3.63, 3.8) is 0 Å². The van der Waals surface area contributed by atoms with E-state index in [0.717, 1.165) is 16.6 Å². The number of hydrogen-bond donors (Lipinski definition) is 3. The number of H-pyrrole nitrogens is 1. The summed E-state index contributed by atoms with van der Waals surface area (Å²) in [5, 5.41) is 10.1. The molecule has 0 bridgehead atoms. The quantitative estimate of drug-likeness (QED) is 0.640. The number of nitrogens with zero attached hydrogens (tertiary/aromatic N) is 2. The Labute approximate surface area is 138 Å². The zero-order chi connectivity index (χ0) is 16.6. The molecule has 0 unspecified atom stereocenters. The molecule has 1 heterocycles. The summed E-state index contributed by atoms with van der Waals surface area (Å²) in [4.78, 5) is 10.9. The molecule has 0 spiro atoms. The molecule has 1 aromatic heterocycles. The molecule has 4 N–H and O–H groups in total. The van der Waals surface area contributed by atoms with E-state index in [4.69, 9.17) is 23.9 Å². The first kappa shape index (κ1) is 15.5. The summed E-state index contributed by atoms with van der Waals surface area (Å²) in [6.45, 7) is 8.61. The number of benzene rings is 2. The van der Waals surface area contributed by atoms with Crippen LogP contribution in [0.4, 0.5) is 5.69 Å². The first-order valence-corrected chi connectivity index (χ1v) is 7.48. The van der Waals surface area contributed by atoms with Gasteiger partial charge in [0.1, 0.15) is 11.3 Å². The van der Waals surface area contributed by atoms with Crippen molar-refractivity contribution in [1.29, 1.82) is 0 Å². The van der Waals surface area contributed by atoms with E-state index in [0.29, 0.717) is 22.1 Å². The van der Waals surface area contributed by atoms with E-state index in [1.807, 2.05) is 24.3 Å². The van der Waals surface area contributed by atoms with Gasteiger partial charge in [-0.2, -0.15) is 0 Å². The number of imidazole rings is 1. The van der Waals surface area contributed by atoms with Gasteiger partial charge in [0.25, 0.3) is 0 Å². The number of nitrogens with one attached hydrogen (secondary N) is 1. The summed E-state index contributed by atoms with van der Waals surface area (Å²) in [6.07, 6.45) is -0.713. The second-order valence-corrected chi connectivity index (χ2v) is 5.75. The monoisotopic (exact) mass is 326 g/mol. The molecule has 2 atom stereocenters. The predicted octanol–water partition coefficient (Wildman–Crippen LogP) is 3.81. The molecule has 2 aromatic carbocycles. The van der Waals surface area contributed by atoms with Crippen LogP contribution in [0.3, 0.4) is 0 Å². The molecule has 0 fully saturated rings. The highest BCUT2D eigenvalue weighted by Crippen LogP contribution is 2.34. The number of halogens is 1. The van der Waals surface area contributed by atoms with Crippen molar-refractivity contribution in [2.24, 2.45) is 5.73 Å². The molecule has 0 aliphatic carbocycles. The van der Waals surface area contributed by atoms with Crippen molar-refractivity contribution in [1.82, 2.24) is 9.97 Å². The topological polar surface area (TPSA) is 79.3 Å². The van der Waals surface area contributed by atoms with Gasteiger partial charge in [0.2, 0.25) is 0 Å². The van der Waals surface area contributed by atoms with Crippen molar-refractivity contribution in [2.45, 2.75) is 19.1 Å². The third-order valence-corrected chi connectivity index (χ3v) is 4.14. The predicted molar refractivity (Wildman–Crippen MR) is 91.4 cm³/mol. The van der Waals surface area contributed by atoms with E-state index < -0.39 is 12.1 Å². The lowest BCUT2D eigenvalue weighted by molar-refractivity contribution is 0.161. The second-order valence-electron chi connectivity index (χ2n) is 5.37. The summed E-state index contributed by atoms with van der Waals surface area (Å²) in [6, 6.07) is 10.4. The minimum absolute atomic E-state index is 0.498. The van der Waals surface area contributed by atoms with Crippen LogP contribution in [0.1, 0.15) is 18.8 Å². The van der Waals surface area contributed by atoms with E-state index in [1.54, 1.807) is 19.1 Å². The van der Waals surface area contributed by atoms with Crippen molar-refractivity contribution in [2.75, 3.05) is 0 Å². The largest absolute Gasteiger partial charge is 0.391 e. The highest BCUT2D eigenvalue weighted by molar-refractivity contribution is 6.37. The number of aromatic amines is 1. The molecule has 0 saturated heterocycles. The van der Waals surface area contributed by atoms with Crippen molar-refractivity contribution < 1.29 is 5.11 Å². The maximum atomic E-state index is 9.61. The molecule has 3 rings (SSSR count). The Kier molecular flexibility index (Phi) is 4.05. The molecule has 5 nitrogen and oxygen atoms in total. The number of nitrogens with two attached hydrogens (primary N) is 1. The lowest BCUT2D eigenvalue weighted by atomic mass is 10.0. The number of hydrogen-bond acceptors (Lipinski definition) is 3. The third-order valence-electron chi connectivity index (χ3n) is 3.75. The van der Waals surface area contributed by atoms with Gasteiger partial charge in [0.05, 0.1) is 29.3 Å². The molecule has 23 heavy (non-hydrogen) atoms. The number of aliphatic hydroxyl groups excluding tert-OH is 1.